The largest absolute Gasteiger partial charge is 0.497 e. The van der Waals surface area contributed by atoms with Gasteiger partial charge in [0.25, 0.3) is 0 Å². The van der Waals surface area contributed by atoms with Crippen molar-refractivity contribution < 1.29 is 14.3 Å². The molecular formula is C21H24N6O3. The molecule has 9 heteroatoms. The van der Waals surface area contributed by atoms with Gasteiger partial charge < -0.3 is 19.7 Å². The number of hydrogen-bond acceptors (Lipinski definition) is 7. The maximum absolute atomic E-state index is 12.6. The summed E-state index contributed by atoms with van der Waals surface area (Å²) in [6.07, 6.45) is 1.52. The first-order valence-corrected chi connectivity index (χ1v) is 9.61. The van der Waals surface area contributed by atoms with E-state index in [0.29, 0.717) is 36.1 Å². The second kappa shape index (κ2) is 8.02. The SMILES string of the molecule is COc1cc(NC(=O)C2CN(c3cc(-n4nc(C)cc4C)ncn3)C2)cc(OC)c1. The molecular weight excluding hydrogens is 384 g/mol. The first-order chi connectivity index (χ1) is 14.5. The molecule has 1 aliphatic heterocycles. The molecule has 0 spiro atoms. The van der Waals surface area contributed by atoms with E-state index in [-0.39, 0.29) is 11.8 Å². The highest BCUT2D eigenvalue weighted by Gasteiger charge is 2.34. The highest BCUT2D eigenvalue weighted by molar-refractivity contribution is 5.94. The normalized spacial score (nSPS) is 13.7. The molecule has 9 nitrogen and oxygen atoms in total. The fourth-order valence-corrected chi connectivity index (χ4v) is 3.44. The molecule has 1 N–H and O–H groups in total. The molecule has 30 heavy (non-hydrogen) atoms. The molecule has 1 fully saturated rings. The standard InChI is InChI=1S/C21H24N6O3/c1-13-5-14(2)27(25-13)20-9-19(22-12-23-20)26-10-15(11-26)21(28)24-16-6-17(29-3)8-18(7-16)30-4/h5-9,12,15H,10-11H2,1-4H3,(H,24,28). The number of carbonyl (C=O) groups excluding carboxylic acids is 1. The van der Waals surface area contributed by atoms with Crippen molar-refractivity contribution in [2.45, 2.75) is 13.8 Å². The number of anilines is 2. The lowest BCUT2D eigenvalue weighted by molar-refractivity contribution is -0.120. The van der Waals surface area contributed by atoms with Crippen LogP contribution in [0.5, 0.6) is 11.5 Å². The highest BCUT2D eigenvalue weighted by atomic mass is 16.5. The van der Waals surface area contributed by atoms with Gasteiger partial charge in [-0.3, -0.25) is 4.79 Å². The lowest BCUT2D eigenvalue weighted by Crippen LogP contribution is -2.52. The molecule has 1 aromatic carbocycles. The Morgan fingerprint density at radius 1 is 1.00 bits per heavy atom. The van der Waals surface area contributed by atoms with E-state index in [2.05, 4.69) is 20.4 Å². The van der Waals surface area contributed by atoms with Crippen molar-refractivity contribution in [3.05, 3.63) is 48.0 Å². The number of aryl methyl sites for hydroxylation is 2. The van der Waals surface area contributed by atoms with E-state index in [9.17, 15) is 4.79 Å². The summed E-state index contributed by atoms with van der Waals surface area (Å²) < 4.78 is 12.3. The van der Waals surface area contributed by atoms with E-state index in [1.165, 1.54) is 6.33 Å². The number of carbonyl (C=O) groups is 1. The van der Waals surface area contributed by atoms with Crippen molar-refractivity contribution in [2.75, 3.05) is 37.5 Å². The fraction of sp³-hybridized carbons (Fsp3) is 0.333. The van der Waals surface area contributed by atoms with Crippen LogP contribution in [-0.2, 0) is 4.79 Å². The number of methoxy groups -OCH3 is 2. The molecule has 1 aliphatic rings. The Morgan fingerprint density at radius 2 is 1.67 bits per heavy atom. The summed E-state index contributed by atoms with van der Waals surface area (Å²) in [5.41, 5.74) is 2.58. The molecule has 0 saturated carbocycles. The third-order valence-corrected chi connectivity index (χ3v) is 5.06. The minimum absolute atomic E-state index is 0.0469. The molecule has 1 amide bonds. The molecule has 0 radical (unpaired) electrons. The molecule has 0 unspecified atom stereocenters. The van der Waals surface area contributed by atoms with E-state index < -0.39 is 0 Å². The second-order valence-electron chi connectivity index (χ2n) is 7.27. The summed E-state index contributed by atoms with van der Waals surface area (Å²) >= 11 is 0. The molecule has 2 aromatic heterocycles. The molecule has 0 aliphatic carbocycles. The predicted molar refractivity (Wildman–Crippen MR) is 113 cm³/mol. The van der Waals surface area contributed by atoms with Gasteiger partial charge in [0.2, 0.25) is 5.91 Å². The maximum atomic E-state index is 12.6. The average molecular weight is 408 g/mol. The average Bonchev–Trinajstić information content (AvgIpc) is 3.04. The first kappa shape index (κ1) is 19.7. The van der Waals surface area contributed by atoms with Gasteiger partial charge in [-0.1, -0.05) is 0 Å². The number of rotatable bonds is 6. The lowest BCUT2D eigenvalue weighted by Gasteiger charge is -2.39. The van der Waals surface area contributed by atoms with Gasteiger partial charge in [-0.2, -0.15) is 5.10 Å². The van der Waals surface area contributed by atoms with Gasteiger partial charge >= 0.3 is 0 Å². The molecule has 3 heterocycles. The Bertz CT molecular complexity index is 1050. The molecule has 3 aromatic rings. The van der Waals surface area contributed by atoms with E-state index in [1.54, 1.807) is 37.1 Å². The third kappa shape index (κ3) is 3.91. The van der Waals surface area contributed by atoms with Crippen LogP contribution >= 0.6 is 0 Å². The number of benzene rings is 1. The highest BCUT2D eigenvalue weighted by Crippen LogP contribution is 2.28. The van der Waals surface area contributed by atoms with Crippen LogP contribution in [0.2, 0.25) is 0 Å². The molecule has 0 atom stereocenters. The van der Waals surface area contributed by atoms with Crippen LogP contribution in [-0.4, -0.2) is 53.0 Å². The van der Waals surface area contributed by atoms with Crippen molar-refractivity contribution in [1.82, 2.24) is 19.7 Å². The van der Waals surface area contributed by atoms with E-state index in [0.717, 1.165) is 17.2 Å². The Hall–Kier alpha value is -3.62. The van der Waals surface area contributed by atoms with Crippen LogP contribution in [0.15, 0.2) is 36.7 Å². The number of ether oxygens (including phenoxy) is 2. The smallest absolute Gasteiger partial charge is 0.231 e. The molecule has 1 saturated heterocycles. The topological polar surface area (TPSA) is 94.4 Å². The van der Waals surface area contributed by atoms with Crippen molar-refractivity contribution in [2.24, 2.45) is 5.92 Å². The van der Waals surface area contributed by atoms with Crippen molar-refractivity contribution >= 4 is 17.4 Å². The summed E-state index contributed by atoms with van der Waals surface area (Å²) in [7, 11) is 3.15. The minimum atomic E-state index is -0.130. The summed E-state index contributed by atoms with van der Waals surface area (Å²) in [5, 5.41) is 7.41. The van der Waals surface area contributed by atoms with E-state index in [1.807, 2.05) is 30.9 Å². The Balaban J connectivity index is 1.41. The minimum Gasteiger partial charge on any atom is -0.497 e. The van der Waals surface area contributed by atoms with Gasteiger partial charge in [-0.25, -0.2) is 14.6 Å². The predicted octanol–water partition coefficient (Wildman–Crippen LogP) is 2.37. The van der Waals surface area contributed by atoms with Crippen LogP contribution in [0, 0.1) is 19.8 Å². The number of amides is 1. The third-order valence-electron chi connectivity index (χ3n) is 5.06. The van der Waals surface area contributed by atoms with Crippen LogP contribution in [0.25, 0.3) is 5.82 Å². The van der Waals surface area contributed by atoms with Crippen LogP contribution in [0.4, 0.5) is 11.5 Å². The van der Waals surface area contributed by atoms with Gasteiger partial charge in [0.05, 0.1) is 25.8 Å². The van der Waals surface area contributed by atoms with Gasteiger partial charge in [0.1, 0.15) is 23.6 Å². The van der Waals surface area contributed by atoms with Crippen molar-refractivity contribution in [1.29, 1.82) is 0 Å². The molecule has 156 valence electrons. The number of hydrogen-bond donors (Lipinski definition) is 1. The summed E-state index contributed by atoms with van der Waals surface area (Å²) in [5.74, 6) is 2.56. The van der Waals surface area contributed by atoms with Crippen LogP contribution < -0.4 is 19.7 Å². The van der Waals surface area contributed by atoms with Crippen molar-refractivity contribution in [3.63, 3.8) is 0 Å². The Morgan fingerprint density at radius 3 is 2.27 bits per heavy atom. The Kier molecular flexibility index (Phi) is 5.26. The lowest BCUT2D eigenvalue weighted by atomic mass is 9.99. The summed E-state index contributed by atoms with van der Waals surface area (Å²) in [4.78, 5) is 23.4. The molecule has 0 bridgehead atoms. The van der Waals surface area contributed by atoms with Crippen molar-refractivity contribution in [3.8, 4) is 17.3 Å². The van der Waals surface area contributed by atoms with Crippen LogP contribution in [0.3, 0.4) is 0 Å². The molecule has 4 rings (SSSR count). The number of nitrogens with zero attached hydrogens (tertiary/aromatic N) is 5. The summed E-state index contributed by atoms with van der Waals surface area (Å²) in [6, 6.07) is 9.18. The Labute approximate surface area is 174 Å². The second-order valence-corrected chi connectivity index (χ2v) is 7.27. The fourth-order valence-electron chi connectivity index (χ4n) is 3.44. The van der Waals surface area contributed by atoms with Gasteiger partial charge in [-0.05, 0) is 19.9 Å². The zero-order valence-corrected chi connectivity index (χ0v) is 17.4. The van der Waals surface area contributed by atoms with Crippen LogP contribution in [0.1, 0.15) is 11.4 Å². The van der Waals surface area contributed by atoms with Gasteiger partial charge in [0.15, 0.2) is 5.82 Å². The maximum Gasteiger partial charge on any atom is 0.231 e. The zero-order chi connectivity index (χ0) is 21.3. The van der Waals surface area contributed by atoms with E-state index in [4.69, 9.17) is 9.47 Å². The van der Waals surface area contributed by atoms with Gasteiger partial charge in [0, 0.05) is 48.7 Å². The zero-order valence-electron chi connectivity index (χ0n) is 17.4. The first-order valence-electron chi connectivity index (χ1n) is 9.61. The van der Waals surface area contributed by atoms with E-state index >= 15 is 0 Å². The number of aromatic nitrogens is 4. The number of nitrogens with one attached hydrogen (secondary N) is 1. The monoisotopic (exact) mass is 408 g/mol. The van der Waals surface area contributed by atoms with Gasteiger partial charge in [-0.15, -0.1) is 0 Å². The quantitative estimate of drug-likeness (QED) is 0.669. The summed E-state index contributed by atoms with van der Waals surface area (Å²) in [6.45, 7) is 5.10.